The highest BCUT2D eigenvalue weighted by atomic mass is 15.0. The average molecular weight is 162 g/mol. The fraction of sp³-hybridized carbons (Fsp3) is 0.500. The molecule has 0 spiro atoms. The highest BCUT2D eigenvalue weighted by molar-refractivity contribution is 5.24. The number of rotatable bonds is 2. The minimum Gasteiger partial charge on any atom is -0.309 e. The summed E-state index contributed by atoms with van der Waals surface area (Å²) in [5, 5.41) is 3.33. The van der Waals surface area contributed by atoms with Gasteiger partial charge in [-0.05, 0) is 38.9 Å². The molecule has 0 aromatic carbocycles. The highest BCUT2D eigenvalue weighted by Gasteiger charge is 2.43. The van der Waals surface area contributed by atoms with E-state index in [-0.39, 0.29) is 5.54 Å². The van der Waals surface area contributed by atoms with Gasteiger partial charge in [0.2, 0.25) is 0 Å². The smallest absolute Gasteiger partial charge is 0.0608 e. The molecule has 0 bridgehead atoms. The van der Waals surface area contributed by atoms with Crippen molar-refractivity contribution in [1.29, 1.82) is 0 Å². The predicted octanol–water partition coefficient (Wildman–Crippen LogP) is 1.60. The summed E-state index contributed by atoms with van der Waals surface area (Å²) < 4.78 is 0. The van der Waals surface area contributed by atoms with E-state index in [0.29, 0.717) is 0 Å². The lowest BCUT2D eigenvalue weighted by atomic mass is 10.1. The van der Waals surface area contributed by atoms with Crippen molar-refractivity contribution >= 4 is 0 Å². The monoisotopic (exact) mass is 162 g/mol. The molecule has 0 unspecified atom stereocenters. The molecular formula is C10H14N2. The summed E-state index contributed by atoms with van der Waals surface area (Å²) in [7, 11) is 2.01. The summed E-state index contributed by atoms with van der Waals surface area (Å²) in [6.45, 7) is 2.04. The Morgan fingerprint density at radius 1 is 1.42 bits per heavy atom. The van der Waals surface area contributed by atoms with E-state index >= 15 is 0 Å². The van der Waals surface area contributed by atoms with Crippen LogP contribution in [0.5, 0.6) is 0 Å². The van der Waals surface area contributed by atoms with E-state index in [9.17, 15) is 0 Å². The van der Waals surface area contributed by atoms with Crippen LogP contribution in [-0.2, 0) is 5.54 Å². The van der Waals surface area contributed by atoms with Crippen LogP contribution >= 0.6 is 0 Å². The molecule has 0 saturated heterocycles. The van der Waals surface area contributed by atoms with E-state index in [0.717, 1.165) is 5.69 Å². The van der Waals surface area contributed by atoms with Crippen LogP contribution in [0.4, 0.5) is 0 Å². The van der Waals surface area contributed by atoms with Crippen molar-refractivity contribution in [2.24, 2.45) is 0 Å². The first-order valence-corrected chi connectivity index (χ1v) is 4.40. The molecule has 0 aliphatic heterocycles. The minimum absolute atomic E-state index is 0.214. The van der Waals surface area contributed by atoms with E-state index in [1.54, 1.807) is 0 Å². The van der Waals surface area contributed by atoms with Gasteiger partial charge in [-0.2, -0.15) is 0 Å². The highest BCUT2D eigenvalue weighted by Crippen LogP contribution is 2.43. The summed E-state index contributed by atoms with van der Waals surface area (Å²) in [5.74, 6) is 0. The van der Waals surface area contributed by atoms with Gasteiger partial charge in [-0.25, -0.2) is 0 Å². The zero-order valence-corrected chi connectivity index (χ0v) is 7.59. The molecule has 1 aromatic rings. The molecule has 2 rings (SSSR count). The molecule has 1 aliphatic rings. The van der Waals surface area contributed by atoms with Crippen molar-refractivity contribution in [3.05, 3.63) is 29.6 Å². The van der Waals surface area contributed by atoms with Gasteiger partial charge >= 0.3 is 0 Å². The van der Waals surface area contributed by atoms with Crippen molar-refractivity contribution in [3.8, 4) is 0 Å². The van der Waals surface area contributed by atoms with Crippen molar-refractivity contribution in [1.82, 2.24) is 10.3 Å². The maximum Gasteiger partial charge on any atom is 0.0608 e. The van der Waals surface area contributed by atoms with Crippen LogP contribution < -0.4 is 5.32 Å². The number of aromatic nitrogens is 1. The SMILES string of the molecule is CNC1(c2cccc(C)n2)CC1. The molecule has 2 nitrogen and oxygen atoms in total. The number of hydrogen-bond donors (Lipinski definition) is 1. The molecule has 64 valence electrons. The zero-order chi connectivity index (χ0) is 8.60. The van der Waals surface area contributed by atoms with Crippen molar-refractivity contribution in [3.63, 3.8) is 0 Å². The zero-order valence-electron chi connectivity index (χ0n) is 7.59. The van der Waals surface area contributed by atoms with Crippen LogP contribution in [0.2, 0.25) is 0 Å². The lowest BCUT2D eigenvalue weighted by molar-refractivity contribution is 0.566. The summed E-state index contributed by atoms with van der Waals surface area (Å²) in [4.78, 5) is 4.52. The van der Waals surface area contributed by atoms with Gasteiger partial charge in [0.25, 0.3) is 0 Å². The maximum absolute atomic E-state index is 4.52. The van der Waals surface area contributed by atoms with Gasteiger partial charge < -0.3 is 5.32 Å². The molecule has 1 aromatic heterocycles. The molecule has 12 heavy (non-hydrogen) atoms. The van der Waals surface area contributed by atoms with Gasteiger partial charge in [-0.3, -0.25) is 4.98 Å². The topological polar surface area (TPSA) is 24.9 Å². The van der Waals surface area contributed by atoms with Gasteiger partial charge in [-0.15, -0.1) is 0 Å². The van der Waals surface area contributed by atoms with Crippen LogP contribution in [-0.4, -0.2) is 12.0 Å². The number of nitrogens with zero attached hydrogens (tertiary/aromatic N) is 1. The molecule has 1 fully saturated rings. The summed E-state index contributed by atoms with van der Waals surface area (Å²) >= 11 is 0. The summed E-state index contributed by atoms with van der Waals surface area (Å²) in [6.07, 6.45) is 2.44. The standard InChI is InChI=1S/C10H14N2/c1-8-4-3-5-9(12-8)10(11-2)6-7-10/h3-5,11H,6-7H2,1-2H3. The first-order chi connectivity index (χ1) is 5.77. The molecule has 1 heterocycles. The molecule has 1 saturated carbocycles. The molecular weight excluding hydrogens is 148 g/mol. The second kappa shape index (κ2) is 2.56. The first kappa shape index (κ1) is 7.74. The van der Waals surface area contributed by atoms with Gasteiger partial charge in [0, 0.05) is 5.69 Å². The van der Waals surface area contributed by atoms with E-state index in [2.05, 4.69) is 22.4 Å². The summed E-state index contributed by atoms with van der Waals surface area (Å²) in [6, 6.07) is 6.22. The molecule has 0 amide bonds. The van der Waals surface area contributed by atoms with Crippen molar-refractivity contribution < 1.29 is 0 Å². The largest absolute Gasteiger partial charge is 0.309 e. The van der Waals surface area contributed by atoms with Gasteiger partial charge in [-0.1, -0.05) is 6.07 Å². The first-order valence-electron chi connectivity index (χ1n) is 4.40. The number of aryl methyl sites for hydroxylation is 1. The number of pyridine rings is 1. The van der Waals surface area contributed by atoms with Crippen LogP contribution in [0.1, 0.15) is 24.2 Å². The summed E-state index contributed by atoms with van der Waals surface area (Å²) in [5.41, 5.74) is 2.52. The van der Waals surface area contributed by atoms with Crippen molar-refractivity contribution in [2.45, 2.75) is 25.3 Å². The predicted molar refractivity (Wildman–Crippen MR) is 48.9 cm³/mol. The Labute approximate surface area is 73.0 Å². The lowest BCUT2D eigenvalue weighted by Crippen LogP contribution is -2.25. The Morgan fingerprint density at radius 2 is 2.17 bits per heavy atom. The van der Waals surface area contributed by atoms with Gasteiger partial charge in [0.05, 0.1) is 11.2 Å². The Hall–Kier alpha value is -0.890. The third-order valence-electron chi connectivity index (χ3n) is 2.61. The quantitative estimate of drug-likeness (QED) is 0.714. The second-order valence-electron chi connectivity index (χ2n) is 3.50. The number of hydrogen-bond acceptors (Lipinski definition) is 2. The van der Waals surface area contributed by atoms with Crippen LogP contribution in [0.25, 0.3) is 0 Å². The van der Waals surface area contributed by atoms with Gasteiger partial charge in [0.15, 0.2) is 0 Å². The Balaban J connectivity index is 2.34. The average Bonchev–Trinajstić information content (AvgIpc) is 2.84. The minimum atomic E-state index is 0.214. The Morgan fingerprint density at radius 3 is 2.67 bits per heavy atom. The normalized spacial score (nSPS) is 19.2. The Kier molecular flexibility index (Phi) is 1.65. The van der Waals surface area contributed by atoms with Crippen LogP contribution in [0, 0.1) is 6.92 Å². The van der Waals surface area contributed by atoms with E-state index < -0.39 is 0 Å². The fourth-order valence-corrected chi connectivity index (χ4v) is 1.57. The van der Waals surface area contributed by atoms with E-state index in [1.165, 1.54) is 18.5 Å². The molecule has 2 heteroatoms. The maximum atomic E-state index is 4.52. The molecule has 1 aliphatic carbocycles. The van der Waals surface area contributed by atoms with Crippen LogP contribution in [0.3, 0.4) is 0 Å². The molecule has 0 radical (unpaired) electrons. The Bertz CT molecular complexity index is 290. The number of nitrogens with one attached hydrogen (secondary N) is 1. The third-order valence-corrected chi connectivity index (χ3v) is 2.61. The van der Waals surface area contributed by atoms with Crippen molar-refractivity contribution in [2.75, 3.05) is 7.05 Å². The lowest BCUT2D eigenvalue weighted by Gasteiger charge is -2.13. The molecule has 1 N–H and O–H groups in total. The van der Waals surface area contributed by atoms with E-state index in [4.69, 9.17) is 0 Å². The fourth-order valence-electron chi connectivity index (χ4n) is 1.57. The second-order valence-corrected chi connectivity index (χ2v) is 3.50. The van der Waals surface area contributed by atoms with E-state index in [1.807, 2.05) is 20.0 Å². The third kappa shape index (κ3) is 1.12. The van der Waals surface area contributed by atoms with Crippen LogP contribution in [0.15, 0.2) is 18.2 Å². The molecule has 0 atom stereocenters. The van der Waals surface area contributed by atoms with Gasteiger partial charge in [0.1, 0.15) is 0 Å².